The van der Waals surface area contributed by atoms with Crippen molar-refractivity contribution in [2.75, 3.05) is 5.75 Å². The Hall–Kier alpha value is -1.11. The molecule has 2 aromatic carbocycles. The Kier molecular flexibility index (Phi) is 10.7. The molecule has 0 aromatic heterocycles. The maximum absolute atomic E-state index is 13.4. The average molecular weight is 550 g/mol. The van der Waals surface area contributed by atoms with Crippen LogP contribution >= 0.6 is 58.2 Å². The third-order valence-electron chi connectivity index (χ3n) is 4.81. The van der Waals surface area contributed by atoms with Crippen LogP contribution in [-0.4, -0.2) is 34.0 Å². The monoisotopic (exact) mass is 548 g/mol. The molecule has 9 heteroatoms. The van der Waals surface area contributed by atoms with Crippen molar-refractivity contribution < 1.29 is 9.59 Å². The van der Waals surface area contributed by atoms with Crippen molar-refractivity contribution in [2.45, 2.75) is 58.0 Å². The van der Waals surface area contributed by atoms with Gasteiger partial charge in [-0.15, -0.1) is 11.8 Å². The molecule has 0 fully saturated rings. The zero-order valence-electron chi connectivity index (χ0n) is 19.1. The third-order valence-corrected chi connectivity index (χ3v) is 7.17. The van der Waals surface area contributed by atoms with Crippen LogP contribution in [0.4, 0.5) is 0 Å². The van der Waals surface area contributed by atoms with E-state index in [0.29, 0.717) is 37.8 Å². The first-order valence-electron chi connectivity index (χ1n) is 10.5. The fraction of sp³-hybridized carbons (Fsp3) is 0.417. The smallest absolute Gasteiger partial charge is 0.243 e. The summed E-state index contributed by atoms with van der Waals surface area (Å²) in [5.74, 6) is 0.189. The first-order valence-corrected chi connectivity index (χ1v) is 13.2. The third kappa shape index (κ3) is 8.25. The van der Waals surface area contributed by atoms with Crippen LogP contribution in [0.5, 0.6) is 0 Å². The lowest BCUT2D eigenvalue weighted by Crippen LogP contribution is -2.53. The van der Waals surface area contributed by atoms with Gasteiger partial charge >= 0.3 is 0 Å². The van der Waals surface area contributed by atoms with Crippen molar-refractivity contribution in [1.29, 1.82) is 0 Å². The van der Waals surface area contributed by atoms with Crippen molar-refractivity contribution in [1.82, 2.24) is 10.2 Å². The van der Waals surface area contributed by atoms with E-state index in [0.717, 1.165) is 5.56 Å². The molecule has 0 aliphatic rings. The normalized spacial score (nSPS) is 12.4. The summed E-state index contributed by atoms with van der Waals surface area (Å²) in [5.41, 5.74) is 0.948. The molecule has 1 N–H and O–H groups in total. The molecule has 0 radical (unpaired) electrons. The lowest BCUT2D eigenvalue weighted by Gasteiger charge is -2.33. The van der Waals surface area contributed by atoms with Gasteiger partial charge in [-0.1, -0.05) is 65.5 Å². The van der Waals surface area contributed by atoms with E-state index in [2.05, 4.69) is 5.32 Å². The summed E-state index contributed by atoms with van der Waals surface area (Å²) in [6, 6.07) is 9.81. The van der Waals surface area contributed by atoms with Crippen molar-refractivity contribution in [2.24, 2.45) is 0 Å². The van der Waals surface area contributed by atoms with Crippen LogP contribution in [0, 0.1) is 0 Å². The molecule has 2 aromatic rings. The lowest BCUT2D eigenvalue weighted by molar-refractivity contribution is -0.140. The summed E-state index contributed by atoms with van der Waals surface area (Å²) in [7, 11) is 0. The minimum Gasteiger partial charge on any atom is -0.350 e. The minimum atomic E-state index is -0.673. The molecule has 180 valence electrons. The molecule has 33 heavy (non-hydrogen) atoms. The van der Waals surface area contributed by atoms with E-state index >= 15 is 0 Å². The lowest BCUT2D eigenvalue weighted by atomic mass is 10.1. The van der Waals surface area contributed by atoms with Gasteiger partial charge in [0.25, 0.3) is 0 Å². The summed E-state index contributed by atoms with van der Waals surface area (Å²) >= 11 is 26.6. The highest BCUT2D eigenvalue weighted by Gasteiger charge is 2.31. The second-order valence-electron chi connectivity index (χ2n) is 8.58. The Morgan fingerprint density at radius 2 is 1.42 bits per heavy atom. The van der Waals surface area contributed by atoms with E-state index in [4.69, 9.17) is 46.4 Å². The molecule has 0 heterocycles. The van der Waals surface area contributed by atoms with Gasteiger partial charge in [-0.3, -0.25) is 9.59 Å². The molecule has 0 saturated carbocycles. The predicted octanol–water partition coefficient (Wildman–Crippen LogP) is 7.26. The highest BCUT2D eigenvalue weighted by atomic mass is 35.5. The van der Waals surface area contributed by atoms with E-state index in [1.807, 2.05) is 27.7 Å². The standard InChI is InChI=1S/C24H28Cl4N2O2S/c1-5-21(23(32)29-24(2,3)4)30(12-15-17(25)8-6-9-18(15)26)22(31)14-33-13-16-19(27)10-7-11-20(16)28/h6-11,21H,5,12-14H2,1-4H3,(H,29,32). The van der Waals surface area contributed by atoms with Crippen LogP contribution in [0.1, 0.15) is 45.2 Å². The number of carbonyl (C=O) groups excluding carboxylic acids is 2. The molecular weight excluding hydrogens is 522 g/mol. The van der Waals surface area contributed by atoms with E-state index in [1.165, 1.54) is 11.8 Å². The fourth-order valence-corrected chi connectivity index (χ4v) is 5.38. The summed E-state index contributed by atoms with van der Waals surface area (Å²) in [4.78, 5) is 28.0. The molecule has 2 amide bonds. The topological polar surface area (TPSA) is 49.4 Å². The molecule has 4 nitrogen and oxygen atoms in total. The summed E-state index contributed by atoms with van der Waals surface area (Å²) in [6.07, 6.45) is 0.441. The summed E-state index contributed by atoms with van der Waals surface area (Å²) in [5, 5.41) is 4.98. The Morgan fingerprint density at radius 3 is 1.88 bits per heavy atom. The molecule has 0 aliphatic heterocycles. The second-order valence-corrected chi connectivity index (χ2v) is 11.2. The van der Waals surface area contributed by atoms with E-state index < -0.39 is 11.6 Å². The van der Waals surface area contributed by atoms with Gasteiger partial charge in [-0.25, -0.2) is 0 Å². The Bertz CT molecular complexity index is 954. The van der Waals surface area contributed by atoms with Crippen LogP contribution in [0.25, 0.3) is 0 Å². The molecule has 1 unspecified atom stereocenters. The van der Waals surface area contributed by atoms with Gasteiger partial charge in [0.15, 0.2) is 0 Å². The Morgan fingerprint density at radius 1 is 0.939 bits per heavy atom. The van der Waals surface area contributed by atoms with E-state index in [-0.39, 0.29) is 24.1 Å². The fourth-order valence-electron chi connectivity index (χ4n) is 3.22. The predicted molar refractivity (Wildman–Crippen MR) is 142 cm³/mol. The maximum Gasteiger partial charge on any atom is 0.243 e. The first kappa shape index (κ1) is 28.1. The van der Waals surface area contributed by atoms with Crippen LogP contribution < -0.4 is 5.32 Å². The van der Waals surface area contributed by atoms with Crippen molar-refractivity contribution in [3.05, 3.63) is 67.6 Å². The molecule has 0 saturated heterocycles. The van der Waals surface area contributed by atoms with Crippen LogP contribution in [0.3, 0.4) is 0 Å². The molecule has 0 bridgehead atoms. The maximum atomic E-state index is 13.4. The van der Waals surface area contributed by atoms with Crippen LogP contribution in [-0.2, 0) is 21.9 Å². The van der Waals surface area contributed by atoms with E-state index in [9.17, 15) is 9.59 Å². The van der Waals surface area contributed by atoms with Gasteiger partial charge < -0.3 is 10.2 Å². The number of halogens is 4. The molecule has 1 atom stereocenters. The Labute approximate surface area is 220 Å². The number of amides is 2. The number of rotatable bonds is 9. The molecule has 0 spiro atoms. The average Bonchev–Trinajstić information content (AvgIpc) is 2.70. The van der Waals surface area contributed by atoms with Crippen molar-refractivity contribution in [3.8, 4) is 0 Å². The number of hydrogen-bond donors (Lipinski definition) is 1. The number of nitrogens with one attached hydrogen (secondary N) is 1. The van der Waals surface area contributed by atoms with Gasteiger partial charge in [-0.2, -0.15) is 0 Å². The number of carbonyl (C=O) groups is 2. The highest BCUT2D eigenvalue weighted by Crippen LogP contribution is 2.30. The van der Waals surface area contributed by atoms with Gasteiger partial charge in [0.2, 0.25) is 11.8 Å². The van der Waals surface area contributed by atoms with E-state index in [1.54, 1.807) is 41.3 Å². The Balaban J connectivity index is 2.26. The largest absolute Gasteiger partial charge is 0.350 e. The number of hydrogen-bond acceptors (Lipinski definition) is 3. The van der Waals surface area contributed by atoms with Crippen LogP contribution in [0.2, 0.25) is 20.1 Å². The van der Waals surface area contributed by atoms with Crippen molar-refractivity contribution in [3.63, 3.8) is 0 Å². The van der Waals surface area contributed by atoms with Crippen molar-refractivity contribution >= 4 is 70.0 Å². The summed E-state index contributed by atoms with van der Waals surface area (Å²) in [6.45, 7) is 7.70. The molecule has 0 aliphatic carbocycles. The second kappa shape index (κ2) is 12.6. The molecule has 2 rings (SSSR count). The first-order chi connectivity index (χ1) is 15.4. The highest BCUT2D eigenvalue weighted by molar-refractivity contribution is 7.99. The SMILES string of the molecule is CCC(C(=O)NC(C)(C)C)N(Cc1c(Cl)cccc1Cl)C(=O)CSCc1c(Cl)cccc1Cl. The number of thioether (sulfide) groups is 1. The van der Waals surface area contributed by atoms with Crippen LogP contribution in [0.15, 0.2) is 36.4 Å². The van der Waals surface area contributed by atoms with Gasteiger partial charge in [0, 0.05) is 43.5 Å². The molecular formula is C24H28Cl4N2O2S. The van der Waals surface area contributed by atoms with Gasteiger partial charge in [0.05, 0.1) is 5.75 Å². The number of benzene rings is 2. The quantitative estimate of drug-likeness (QED) is 0.358. The number of nitrogens with zero attached hydrogens (tertiary/aromatic N) is 1. The van der Waals surface area contributed by atoms with Gasteiger partial charge in [0.1, 0.15) is 6.04 Å². The van der Waals surface area contributed by atoms with Gasteiger partial charge in [-0.05, 0) is 57.0 Å². The minimum absolute atomic E-state index is 0.126. The zero-order valence-corrected chi connectivity index (χ0v) is 22.9. The zero-order chi connectivity index (χ0) is 24.8. The summed E-state index contributed by atoms with van der Waals surface area (Å²) < 4.78 is 0.